The first kappa shape index (κ1) is 17.5. The van der Waals surface area contributed by atoms with Gasteiger partial charge in [0.25, 0.3) is 5.91 Å². The highest BCUT2D eigenvalue weighted by molar-refractivity contribution is 6.35. The number of benzene rings is 2. The van der Waals surface area contributed by atoms with Crippen LogP contribution in [0, 0.1) is 6.92 Å². The highest BCUT2D eigenvalue weighted by Crippen LogP contribution is 2.26. The number of pyridine rings is 1. The molecule has 0 unspecified atom stereocenters. The molecule has 0 saturated carbocycles. The average molecular weight is 371 g/mol. The fraction of sp³-hybridized carbons (Fsp3) is 0.100. The molecule has 0 aliphatic heterocycles. The molecule has 0 spiro atoms. The summed E-state index contributed by atoms with van der Waals surface area (Å²) in [5.74, 6) is -0.0999. The second-order valence-corrected chi connectivity index (χ2v) is 6.50. The number of carbonyl (C=O) groups is 1. The van der Waals surface area contributed by atoms with Crippen LogP contribution in [0.2, 0.25) is 10.0 Å². The van der Waals surface area contributed by atoms with Crippen LogP contribution < -0.4 is 4.90 Å². The molecule has 0 saturated heterocycles. The molecule has 3 rings (SSSR count). The van der Waals surface area contributed by atoms with E-state index in [0.717, 1.165) is 16.8 Å². The molecular weight excluding hydrogens is 355 g/mol. The minimum Gasteiger partial charge on any atom is -0.304 e. The second kappa shape index (κ2) is 7.68. The molecule has 0 fully saturated rings. The van der Waals surface area contributed by atoms with E-state index >= 15 is 0 Å². The highest BCUT2D eigenvalue weighted by Gasteiger charge is 2.20. The largest absolute Gasteiger partial charge is 0.304 e. The van der Waals surface area contributed by atoms with Gasteiger partial charge in [0, 0.05) is 33.7 Å². The maximum atomic E-state index is 13.2. The summed E-state index contributed by atoms with van der Waals surface area (Å²) in [5.41, 5.74) is 3.07. The number of rotatable bonds is 4. The lowest BCUT2D eigenvalue weighted by Crippen LogP contribution is -2.31. The lowest BCUT2D eigenvalue weighted by atomic mass is 10.1. The Labute approximate surface area is 156 Å². The van der Waals surface area contributed by atoms with Crippen LogP contribution in [0.4, 0.5) is 5.69 Å². The van der Waals surface area contributed by atoms with Gasteiger partial charge in [-0.05, 0) is 48.4 Å². The van der Waals surface area contributed by atoms with Crippen molar-refractivity contribution < 1.29 is 4.79 Å². The molecule has 126 valence electrons. The van der Waals surface area contributed by atoms with Crippen molar-refractivity contribution in [1.82, 2.24) is 4.98 Å². The van der Waals surface area contributed by atoms with Crippen molar-refractivity contribution in [2.24, 2.45) is 0 Å². The number of aromatic nitrogens is 1. The van der Waals surface area contributed by atoms with Crippen LogP contribution in [-0.4, -0.2) is 10.9 Å². The quantitative estimate of drug-likeness (QED) is 0.603. The molecule has 0 atom stereocenters. The Hall–Kier alpha value is -2.36. The summed E-state index contributed by atoms with van der Waals surface area (Å²) in [5, 5.41) is 1.10. The van der Waals surface area contributed by atoms with E-state index in [-0.39, 0.29) is 5.91 Å². The molecule has 1 aromatic heterocycles. The Kier molecular flexibility index (Phi) is 5.37. The predicted octanol–water partition coefficient (Wildman–Crippen LogP) is 5.54. The molecule has 3 nitrogen and oxygen atoms in total. The van der Waals surface area contributed by atoms with E-state index in [1.54, 1.807) is 35.5 Å². The molecule has 1 heterocycles. The molecule has 2 aromatic carbocycles. The van der Waals surface area contributed by atoms with Crippen LogP contribution in [-0.2, 0) is 6.54 Å². The maximum Gasteiger partial charge on any atom is 0.258 e. The van der Waals surface area contributed by atoms with Gasteiger partial charge in [0.1, 0.15) is 0 Å². The molecule has 0 aliphatic rings. The van der Waals surface area contributed by atoms with Gasteiger partial charge >= 0.3 is 0 Å². The normalized spacial score (nSPS) is 10.5. The van der Waals surface area contributed by atoms with E-state index in [1.807, 2.05) is 43.3 Å². The Bertz CT molecular complexity index is 897. The first-order valence-electron chi connectivity index (χ1n) is 7.77. The number of amides is 1. The lowest BCUT2D eigenvalue weighted by molar-refractivity contribution is 0.0984. The zero-order chi connectivity index (χ0) is 17.8. The summed E-state index contributed by atoms with van der Waals surface area (Å²) >= 11 is 12.3. The van der Waals surface area contributed by atoms with Crippen LogP contribution >= 0.6 is 23.2 Å². The van der Waals surface area contributed by atoms with E-state index in [0.29, 0.717) is 22.2 Å². The number of aryl methyl sites for hydroxylation is 1. The van der Waals surface area contributed by atoms with Crippen LogP contribution in [0.15, 0.2) is 67.0 Å². The van der Waals surface area contributed by atoms with Crippen molar-refractivity contribution in [2.45, 2.75) is 13.5 Å². The number of halogens is 2. The third kappa shape index (κ3) is 4.01. The summed E-state index contributed by atoms with van der Waals surface area (Å²) in [6, 6.07) is 16.6. The number of carbonyl (C=O) groups excluding carboxylic acids is 1. The van der Waals surface area contributed by atoms with E-state index in [9.17, 15) is 4.79 Å². The van der Waals surface area contributed by atoms with E-state index < -0.39 is 0 Å². The molecule has 0 N–H and O–H groups in total. The predicted molar refractivity (Wildman–Crippen MR) is 102 cm³/mol. The van der Waals surface area contributed by atoms with Gasteiger partial charge in [0.2, 0.25) is 0 Å². The third-order valence-electron chi connectivity index (χ3n) is 3.91. The van der Waals surface area contributed by atoms with Crippen LogP contribution in [0.3, 0.4) is 0 Å². The molecule has 0 radical (unpaired) electrons. The van der Waals surface area contributed by atoms with E-state index in [1.165, 1.54) is 0 Å². The summed E-state index contributed by atoms with van der Waals surface area (Å²) in [6.45, 7) is 2.22. The van der Waals surface area contributed by atoms with E-state index in [4.69, 9.17) is 23.2 Å². The number of para-hydroxylation sites is 1. The summed E-state index contributed by atoms with van der Waals surface area (Å²) in [7, 11) is 0. The topological polar surface area (TPSA) is 33.2 Å². The Balaban J connectivity index is 2.01. The zero-order valence-electron chi connectivity index (χ0n) is 13.6. The summed E-state index contributed by atoms with van der Waals surface area (Å²) in [4.78, 5) is 18.9. The van der Waals surface area contributed by atoms with Gasteiger partial charge in [-0.1, -0.05) is 47.5 Å². The zero-order valence-corrected chi connectivity index (χ0v) is 15.1. The fourth-order valence-corrected chi connectivity index (χ4v) is 3.04. The van der Waals surface area contributed by atoms with Gasteiger partial charge in [0.05, 0.1) is 6.54 Å². The number of hydrogen-bond acceptors (Lipinski definition) is 2. The van der Waals surface area contributed by atoms with Gasteiger partial charge in [0.15, 0.2) is 0 Å². The smallest absolute Gasteiger partial charge is 0.258 e. The maximum absolute atomic E-state index is 13.2. The lowest BCUT2D eigenvalue weighted by Gasteiger charge is -2.24. The van der Waals surface area contributed by atoms with Gasteiger partial charge in [-0.25, -0.2) is 0 Å². The molecule has 25 heavy (non-hydrogen) atoms. The molecular formula is C20H16Cl2N2O. The van der Waals surface area contributed by atoms with Crippen molar-refractivity contribution in [3.8, 4) is 0 Å². The number of nitrogens with zero attached hydrogens (tertiary/aromatic N) is 2. The van der Waals surface area contributed by atoms with Gasteiger partial charge in [-0.15, -0.1) is 0 Å². The number of hydrogen-bond donors (Lipinski definition) is 0. The van der Waals surface area contributed by atoms with Crippen molar-refractivity contribution in [3.05, 3.63) is 93.7 Å². The van der Waals surface area contributed by atoms with Crippen molar-refractivity contribution in [1.29, 1.82) is 0 Å². The van der Waals surface area contributed by atoms with Crippen LogP contribution in [0.25, 0.3) is 0 Å². The van der Waals surface area contributed by atoms with Gasteiger partial charge in [-0.3, -0.25) is 9.78 Å². The van der Waals surface area contributed by atoms with E-state index in [2.05, 4.69) is 4.98 Å². The third-order valence-corrected chi connectivity index (χ3v) is 4.49. The highest BCUT2D eigenvalue weighted by atomic mass is 35.5. The molecule has 0 bridgehead atoms. The Morgan fingerprint density at radius 2 is 1.84 bits per heavy atom. The number of anilines is 1. The monoisotopic (exact) mass is 370 g/mol. The summed E-state index contributed by atoms with van der Waals surface area (Å²) < 4.78 is 0. The SMILES string of the molecule is Cc1cnccc1C(=O)N(Cc1ccc(Cl)cc1Cl)c1ccccc1. The first-order valence-corrected chi connectivity index (χ1v) is 8.53. The fourth-order valence-electron chi connectivity index (χ4n) is 2.57. The van der Waals surface area contributed by atoms with Crippen molar-refractivity contribution >= 4 is 34.8 Å². The van der Waals surface area contributed by atoms with Gasteiger partial charge < -0.3 is 4.90 Å². The van der Waals surface area contributed by atoms with Crippen LogP contribution in [0.1, 0.15) is 21.5 Å². The minimum atomic E-state index is -0.0999. The molecule has 3 aromatic rings. The Morgan fingerprint density at radius 1 is 1.08 bits per heavy atom. The molecule has 0 aliphatic carbocycles. The summed E-state index contributed by atoms with van der Waals surface area (Å²) in [6.07, 6.45) is 3.31. The minimum absolute atomic E-state index is 0.0999. The molecule has 1 amide bonds. The van der Waals surface area contributed by atoms with Crippen molar-refractivity contribution in [2.75, 3.05) is 4.90 Å². The average Bonchev–Trinajstić information content (AvgIpc) is 2.62. The van der Waals surface area contributed by atoms with Crippen LogP contribution in [0.5, 0.6) is 0 Å². The van der Waals surface area contributed by atoms with Gasteiger partial charge in [-0.2, -0.15) is 0 Å². The van der Waals surface area contributed by atoms with Crippen molar-refractivity contribution in [3.63, 3.8) is 0 Å². The second-order valence-electron chi connectivity index (χ2n) is 5.65. The Morgan fingerprint density at radius 3 is 2.52 bits per heavy atom. The first-order chi connectivity index (χ1) is 12.1. The standard InChI is InChI=1S/C20H16Cl2N2O/c1-14-12-23-10-9-18(14)20(25)24(17-5-3-2-4-6-17)13-15-7-8-16(21)11-19(15)22/h2-12H,13H2,1H3. The molecule has 5 heteroatoms.